The molecule has 0 fully saturated rings. The van der Waals surface area contributed by atoms with E-state index < -0.39 is 0 Å². The Bertz CT molecular complexity index is 347. The fourth-order valence-corrected chi connectivity index (χ4v) is 1.82. The highest BCUT2D eigenvalue weighted by Crippen LogP contribution is 2.19. The zero-order valence-corrected chi connectivity index (χ0v) is 11.7. The Kier molecular flexibility index (Phi) is 5.09. The molecule has 0 saturated heterocycles. The molecule has 0 aliphatic rings. The first-order valence-electron chi connectivity index (χ1n) is 5.50. The van der Waals surface area contributed by atoms with Crippen LogP contribution in [0.3, 0.4) is 0 Å². The summed E-state index contributed by atoms with van der Waals surface area (Å²) in [6, 6.07) is 0. The predicted molar refractivity (Wildman–Crippen MR) is 68.9 cm³/mol. The van der Waals surface area contributed by atoms with Crippen LogP contribution in [0.15, 0.2) is 0 Å². The number of rotatable bonds is 5. The van der Waals surface area contributed by atoms with E-state index in [0.717, 1.165) is 12.2 Å². The van der Waals surface area contributed by atoms with E-state index in [1.54, 1.807) is 4.57 Å². The van der Waals surface area contributed by atoms with Gasteiger partial charge in [-0.2, -0.15) is 0 Å². The zero-order chi connectivity index (χ0) is 12.3. The second-order valence-corrected chi connectivity index (χ2v) is 5.23. The van der Waals surface area contributed by atoms with Crippen molar-refractivity contribution in [3.63, 3.8) is 0 Å². The van der Waals surface area contributed by atoms with Gasteiger partial charge in [-0.15, -0.1) is 0 Å². The summed E-state index contributed by atoms with van der Waals surface area (Å²) in [6.07, 6.45) is 0. The van der Waals surface area contributed by atoms with Crippen LogP contribution in [-0.4, -0.2) is 16.1 Å². The highest BCUT2D eigenvalue weighted by molar-refractivity contribution is 6.32. The van der Waals surface area contributed by atoms with Gasteiger partial charge >= 0.3 is 0 Å². The molecule has 1 aromatic heterocycles. The van der Waals surface area contributed by atoms with Crippen molar-refractivity contribution in [2.24, 2.45) is 18.9 Å². The number of aromatic nitrogens is 2. The minimum atomic E-state index is 0.429. The topological polar surface area (TPSA) is 29.9 Å². The largest absolute Gasteiger partial charge is 0.319 e. The van der Waals surface area contributed by atoms with E-state index in [4.69, 9.17) is 23.2 Å². The summed E-state index contributed by atoms with van der Waals surface area (Å²) in [7, 11) is 1.87. The Morgan fingerprint density at radius 2 is 1.94 bits per heavy atom. The molecule has 0 radical (unpaired) electrons. The van der Waals surface area contributed by atoms with Crippen LogP contribution in [0, 0.1) is 11.8 Å². The van der Waals surface area contributed by atoms with Crippen molar-refractivity contribution >= 4 is 23.2 Å². The molecule has 1 atom stereocenters. The van der Waals surface area contributed by atoms with E-state index in [2.05, 4.69) is 31.1 Å². The third kappa shape index (κ3) is 3.37. The molecule has 1 unspecified atom stereocenters. The maximum absolute atomic E-state index is 5.97. The van der Waals surface area contributed by atoms with Crippen LogP contribution in [-0.2, 0) is 13.6 Å². The number of nitrogens with zero attached hydrogens (tertiary/aromatic N) is 2. The van der Waals surface area contributed by atoms with E-state index in [0.29, 0.717) is 28.8 Å². The second-order valence-electron chi connectivity index (χ2n) is 4.53. The summed E-state index contributed by atoms with van der Waals surface area (Å²) < 4.78 is 1.80. The summed E-state index contributed by atoms with van der Waals surface area (Å²) in [6.45, 7) is 8.35. The summed E-state index contributed by atoms with van der Waals surface area (Å²) >= 11 is 11.8. The van der Waals surface area contributed by atoms with E-state index in [-0.39, 0.29) is 0 Å². The van der Waals surface area contributed by atoms with Gasteiger partial charge in [0.25, 0.3) is 0 Å². The van der Waals surface area contributed by atoms with Crippen molar-refractivity contribution in [3.05, 3.63) is 16.1 Å². The Hall–Kier alpha value is -0.250. The lowest BCUT2D eigenvalue weighted by molar-refractivity contribution is 0.391. The Morgan fingerprint density at radius 3 is 2.38 bits per heavy atom. The maximum Gasteiger partial charge on any atom is 0.204 e. The first-order chi connectivity index (χ1) is 7.43. The number of imidazole rings is 1. The SMILES string of the molecule is CC(C)C(C)CNCc1c(Cl)nc(Cl)n1C. The third-order valence-corrected chi connectivity index (χ3v) is 3.65. The van der Waals surface area contributed by atoms with Gasteiger partial charge in [-0.3, -0.25) is 0 Å². The van der Waals surface area contributed by atoms with Gasteiger partial charge in [0.2, 0.25) is 5.28 Å². The van der Waals surface area contributed by atoms with Crippen molar-refractivity contribution in [1.82, 2.24) is 14.9 Å². The predicted octanol–water partition coefficient (Wildman–Crippen LogP) is 3.11. The standard InChI is InChI=1S/C11H19Cl2N3/c1-7(2)8(3)5-14-6-9-10(12)15-11(13)16(9)4/h7-8,14H,5-6H2,1-4H3. The smallest absolute Gasteiger partial charge is 0.204 e. The fraction of sp³-hybridized carbons (Fsp3) is 0.727. The summed E-state index contributed by atoms with van der Waals surface area (Å²) in [5.41, 5.74) is 0.933. The van der Waals surface area contributed by atoms with Crippen LogP contribution in [0.4, 0.5) is 0 Å². The van der Waals surface area contributed by atoms with Gasteiger partial charge in [0, 0.05) is 13.6 Å². The molecule has 0 saturated carbocycles. The van der Waals surface area contributed by atoms with Crippen molar-refractivity contribution in [2.45, 2.75) is 27.3 Å². The summed E-state index contributed by atoms with van der Waals surface area (Å²) in [5, 5.41) is 4.29. The van der Waals surface area contributed by atoms with Gasteiger partial charge in [0.05, 0.1) is 5.69 Å². The second kappa shape index (κ2) is 5.89. The molecular formula is C11H19Cl2N3. The average molecular weight is 264 g/mol. The first-order valence-corrected chi connectivity index (χ1v) is 6.26. The van der Waals surface area contributed by atoms with Crippen LogP contribution in [0.1, 0.15) is 26.5 Å². The van der Waals surface area contributed by atoms with Crippen molar-refractivity contribution < 1.29 is 0 Å². The molecule has 0 bridgehead atoms. The average Bonchev–Trinajstić information content (AvgIpc) is 2.44. The van der Waals surface area contributed by atoms with Crippen molar-refractivity contribution in [3.8, 4) is 0 Å². The van der Waals surface area contributed by atoms with Crippen LogP contribution in [0.5, 0.6) is 0 Å². The number of halogens is 2. The molecule has 3 nitrogen and oxygen atoms in total. The molecular weight excluding hydrogens is 245 g/mol. The van der Waals surface area contributed by atoms with Gasteiger partial charge < -0.3 is 9.88 Å². The van der Waals surface area contributed by atoms with Crippen LogP contribution < -0.4 is 5.32 Å². The van der Waals surface area contributed by atoms with Gasteiger partial charge in [-0.1, -0.05) is 32.4 Å². The maximum atomic E-state index is 5.97. The van der Waals surface area contributed by atoms with Crippen LogP contribution in [0.25, 0.3) is 0 Å². The van der Waals surface area contributed by atoms with E-state index in [1.165, 1.54) is 0 Å². The molecule has 1 heterocycles. The quantitative estimate of drug-likeness (QED) is 0.885. The molecule has 0 aliphatic carbocycles. The van der Waals surface area contributed by atoms with Crippen molar-refractivity contribution in [2.75, 3.05) is 6.54 Å². The lowest BCUT2D eigenvalue weighted by Gasteiger charge is -2.16. The van der Waals surface area contributed by atoms with Gasteiger partial charge in [-0.25, -0.2) is 4.98 Å². The number of hydrogen-bond acceptors (Lipinski definition) is 2. The lowest BCUT2D eigenvalue weighted by atomic mass is 9.98. The molecule has 1 aromatic rings. The highest BCUT2D eigenvalue weighted by Gasteiger charge is 2.12. The summed E-state index contributed by atoms with van der Waals surface area (Å²) in [4.78, 5) is 4.00. The lowest BCUT2D eigenvalue weighted by Crippen LogP contribution is -2.24. The molecule has 0 aliphatic heterocycles. The molecule has 0 spiro atoms. The van der Waals surface area contributed by atoms with Gasteiger partial charge in [0.15, 0.2) is 5.15 Å². The van der Waals surface area contributed by atoms with Gasteiger partial charge in [0.1, 0.15) is 0 Å². The van der Waals surface area contributed by atoms with E-state index in [9.17, 15) is 0 Å². The zero-order valence-electron chi connectivity index (χ0n) is 10.2. The molecule has 16 heavy (non-hydrogen) atoms. The third-order valence-electron chi connectivity index (χ3n) is 3.01. The van der Waals surface area contributed by atoms with Crippen molar-refractivity contribution in [1.29, 1.82) is 0 Å². The number of nitrogens with one attached hydrogen (secondary N) is 1. The normalized spacial score (nSPS) is 13.4. The minimum Gasteiger partial charge on any atom is -0.319 e. The minimum absolute atomic E-state index is 0.429. The van der Waals surface area contributed by atoms with E-state index >= 15 is 0 Å². The first kappa shape index (κ1) is 13.8. The molecule has 92 valence electrons. The molecule has 1 rings (SSSR count). The Balaban J connectivity index is 2.49. The molecule has 5 heteroatoms. The van der Waals surface area contributed by atoms with Crippen LogP contribution >= 0.6 is 23.2 Å². The molecule has 0 aromatic carbocycles. The van der Waals surface area contributed by atoms with Crippen LogP contribution in [0.2, 0.25) is 10.4 Å². The molecule has 1 N–H and O–H groups in total. The Morgan fingerprint density at radius 1 is 1.31 bits per heavy atom. The summed E-state index contributed by atoms with van der Waals surface area (Å²) in [5.74, 6) is 1.32. The monoisotopic (exact) mass is 263 g/mol. The van der Waals surface area contributed by atoms with Gasteiger partial charge in [-0.05, 0) is 30.0 Å². The fourth-order valence-electron chi connectivity index (χ4n) is 1.32. The highest BCUT2D eigenvalue weighted by atomic mass is 35.5. The van der Waals surface area contributed by atoms with E-state index in [1.807, 2.05) is 7.05 Å². The molecule has 0 amide bonds. The Labute approximate surface area is 107 Å². The number of hydrogen-bond donors (Lipinski definition) is 1.